The Balaban J connectivity index is 1.48. The average molecular weight is 447 g/mol. The molecule has 0 bridgehead atoms. The van der Waals surface area contributed by atoms with Gasteiger partial charge < -0.3 is 10.1 Å². The van der Waals surface area contributed by atoms with Crippen LogP contribution in [-0.2, 0) is 14.8 Å². The van der Waals surface area contributed by atoms with Crippen LogP contribution in [0.25, 0.3) is 10.9 Å². The van der Waals surface area contributed by atoms with Crippen LogP contribution < -0.4 is 10.1 Å². The highest BCUT2D eigenvalue weighted by atomic mass is 35.5. The predicted octanol–water partition coefficient (Wildman–Crippen LogP) is 3.09. The van der Waals surface area contributed by atoms with Crippen molar-refractivity contribution in [3.63, 3.8) is 0 Å². The Morgan fingerprint density at radius 3 is 2.70 bits per heavy atom. The van der Waals surface area contributed by atoms with Crippen LogP contribution >= 0.6 is 11.6 Å². The maximum absolute atomic E-state index is 12.8. The van der Waals surface area contributed by atoms with Gasteiger partial charge in [-0.1, -0.05) is 23.7 Å². The molecule has 8 nitrogen and oxygen atoms in total. The number of hydrogen-bond acceptors (Lipinski definition) is 6. The monoisotopic (exact) mass is 446 g/mol. The van der Waals surface area contributed by atoms with E-state index in [9.17, 15) is 13.2 Å². The third-order valence-electron chi connectivity index (χ3n) is 4.76. The van der Waals surface area contributed by atoms with Crippen molar-refractivity contribution in [3.8, 4) is 5.88 Å². The number of sulfonamides is 1. The lowest BCUT2D eigenvalue weighted by Crippen LogP contribution is -2.28. The Labute approximate surface area is 178 Å². The zero-order chi connectivity index (χ0) is 21.1. The smallest absolute Gasteiger partial charge is 0.262 e. The second-order valence-electron chi connectivity index (χ2n) is 6.79. The number of benzene rings is 2. The van der Waals surface area contributed by atoms with E-state index < -0.39 is 15.9 Å². The third-order valence-corrected chi connectivity index (χ3v) is 6.99. The number of amides is 1. The normalized spacial score (nSPS) is 14.7. The first-order chi connectivity index (χ1) is 14.4. The van der Waals surface area contributed by atoms with Crippen molar-refractivity contribution >= 4 is 44.1 Å². The number of rotatable bonds is 6. The molecular weight excluding hydrogens is 428 g/mol. The molecule has 0 spiro atoms. The Bertz CT molecular complexity index is 1190. The van der Waals surface area contributed by atoms with Crippen molar-refractivity contribution in [1.29, 1.82) is 0 Å². The van der Waals surface area contributed by atoms with Gasteiger partial charge in [0.05, 0.1) is 26.5 Å². The van der Waals surface area contributed by atoms with E-state index in [1.54, 1.807) is 6.07 Å². The number of aromatic nitrogens is 2. The van der Waals surface area contributed by atoms with Crippen molar-refractivity contribution in [3.05, 3.63) is 53.8 Å². The lowest BCUT2D eigenvalue weighted by molar-refractivity contribution is -0.118. The lowest BCUT2D eigenvalue weighted by Gasteiger charge is -2.17. The summed E-state index contributed by atoms with van der Waals surface area (Å²) in [6.07, 6.45) is 3.04. The van der Waals surface area contributed by atoms with Gasteiger partial charge in [-0.05, 0) is 43.2 Å². The van der Waals surface area contributed by atoms with E-state index in [-0.39, 0.29) is 28.1 Å². The summed E-state index contributed by atoms with van der Waals surface area (Å²) >= 11 is 6.16. The number of para-hydroxylation sites is 1. The van der Waals surface area contributed by atoms with Gasteiger partial charge in [-0.15, -0.1) is 0 Å². The molecule has 0 atom stereocenters. The van der Waals surface area contributed by atoms with Crippen molar-refractivity contribution in [2.45, 2.75) is 17.7 Å². The summed E-state index contributed by atoms with van der Waals surface area (Å²) in [5.74, 6) is -0.206. The minimum atomic E-state index is -3.62. The number of nitrogens with zero attached hydrogens (tertiary/aromatic N) is 3. The van der Waals surface area contributed by atoms with E-state index in [1.165, 1.54) is 28.8 Å². The summed E-state index contributed by atoms with van der Waals surface area (Å²) in [5.41, 5.74) is 0.906. The van der Waals surface area contributed by atoms with E-state index in [1.807, 2.05) is 18.2 Å². The quantitative estimate of drug-likeness (QED) is 0.624. The second-order valence-corrected chi connectivity index (χ2v) is 9.13. The molecule has 1 aliphatic heterocycles. The summed E-state index contributed by atoms with van der Waals surface area (Å²) in [6.45, 7) is 0.668. The first kappa shape index (κ1) is 20.5. The summed E-state index contributed by atoms with van der Waals surface area (Å²) in [4.78, 5) is 20.7. The van der Waals surface area contributed by atoms with Gasteiger partial charge in [0.1, 0.15) is 6.33 Å². The van der Waals surface area contributed by atoms with Crippen molar-refractivity contribution in [2.24, 2.45) is 0 Å². The Kier molecular flexibility index (Phi) is 5.85. The molecule has 0 aliphatic carbocycles. The van der Waals surface area contributed by atoms with Gasteiger partial charge in [-0.2, -0.15) is 4.31 Å². The zero-order valence-electron chi connectivity index (χ0n) is 15.9. The summed E-state index contributed by atoms with van der Waals surface area (Å²) in [5, 5.41) is 3.53. The Morgan fingerprint density at radius 1 is 1.13 bits per heavy atom. The number of hydrogen-bond donors (Lipinski definition) is 1. The molecule has 1 saturated heterocycles. The van der Waals surface area contributed by atoms with Crippen molar-refractivity contribution in [1.82, 2.24) is 14.3 Å². The van der Waals surface area contributed by atoms with Crippen LogP contribution in [0, 0.1) is 0 Å². The van der Waals surface area contributed by atoms with Gasteiger partial charge in [-0.25, -0.2) is 18.4 Å². The molecule has 3 aromatic rings. The van der Waals surface area contributed by atoms with Crippen LogP contribution in [0.5, 0.6) is 5.88 Å². The number of carbonyl (C=O) groups excluding carboxylic acids is 1. The van der Waals surface area contributed by atoms with Gasteiger partial charge in [0.25, 0.3) is 5.91 Å². The van der Waals surface area contributed by atoms with Crippen LogP contribution in [0.4, 0.5) is 5.69 Å². The number of carbonyl (C=O) groups is 1. The maximum atomic E-state index is 12.8. The molecule has 1 aromatic heterocycles. The van der Waals surface area contributed by atoms with Crippen LogP contribution in [0.1, 0.15) is 12.8 Å². The van der Waals surface area contributed by atoms with Gasteiger partial charge in [-0.3, -0.25) is 4.79 Å². The molecular formula is C20H19ClN4O4S. The summed E-state index contributed by atoms with van der Waals surface area (Å²) in [6, 6.07) is 11.5. The molecule has 1 aliphatic rings. The van der Waals surface area contributed by atoms with Gasteiger partial charge in [0.15, 0.2) is 6.61 Å². The van der Waals surface area contributed by atoms with Crippen molar-refractivity contribution in [2.75, 3.05) is 25.0 Å². The lowest BCUT2D eigenvalue weighted by atomic mass is 10.2. The fraction of sp³-hybridized carbons (Fsp3) is 0.250. The number of halogens is 1. The van der Waals surface area contributed by atoms with Crippen molar-refractivity contribution < 1.29 is 17.9 Å². The highest BCUT2D eigenvalue weighted by Gasteiger charge is 2.27. The van der Waals surface area contributed by atoms with E-state index >= 15 is 0 Å². The molecule has 2 heterocycles. The van der Waals surface area contributed by atoms with Gasteiger partial charge in [0.2, 0.25) is 15.9 Å². The molecule has 0 radical (unpaired) electrons. The standard InChI is InChI=1S/C20H19ClN4O4S/c21-16-8-7-14(30(27,28)25-9-3-4-10-25)11-18(16)24-19(26)12-29-20-15-5-1-2-6-17(15)22-13-23-20/h1-2,5-8,11,13H,3-4,9-10,12H2,(H,24,26). The molecule has 0 unspecified atom stereocenters. The molecule has 1 amide bonds. The predicted molar refractivity (Wildman–Crippen MR) is 113 cm³/mol. The molecule has 1 fully saturated rings. The van der Waals surface area contributed by atoms with Crippen LogP contribution in [0.2, 0.25) is 5.02 Å². The Hall–Kier alpha value is -2.75. The Morgan fingerprint density at radius 2 is 1.90 bits per heavy atom. The second kappa shape index (κ2) is 8.55. The van der Waals surface area contributed by atoms with Crippen LogP contribution in [0.3, 0.4) is 0 Å². The highest BCUT2D eigenvalue weighted by molar-refractivity contribution is 7.89. The summed E-state index contributed by atoms with van der Waals surface area (Å²) in [7, 11) is -3.62. The number of fused-ring (bicyclic) bond motifs is 1. The largest absolute Gasteiger partial charge is 0.467 e. The maximum Gasteiger partial charge on any atom is 0.262 e. The fourth-order valence-corrected chi connectivity index (χ4v) is 4.96. The van der Waals surface area contributed by atoms with Gasteiger partial charge >= 0.3 is 0 Å². The molecule has 0 saturated carbocycles. The van der Waals surface area contributed by atoms with Gasteiger partial charge in [0, 0.05) is 13.1 Å². The minimum absolute atomic E-state index is 0.0896. The van der Waals surface area contributed by atoms with E-state index in [4.69, 9.17) is 16.3 Å². The molecule has 2 aromatic carbocycles. The molecule has 4 rings (SSSR count). The molecule has 10 heteroatoms. The number of ether oxygens (including phenoxy) is 1. The van der Waals surface area contributed by atoms with E-state index in [0.29, 0.717) is 24.0 Å². The number of nitrogens with one attached hydrogen (secondary N) is 1. The molecule has 30 heavy (non-hydrogen) atoms. The highest BCUT2D eigenvalue weighted by Crippen LogP contribution is 2.28. The topological polar surface area (TPSA) is 101 Å². The summed E-state index contributed by atoms with van der Waals surface area (Å²) < 4.78 is 32.5. The van der Waals surface area contributed by atoms with Crippen LogP contribution in [0.15, 0.2) is 53.7 Å². The average Bonchev–Trinajstić information content (AvgIpc) is 3.29. The molecule has 1 N–H and O–H groups in total. The fourth-order valence-electron chi connectivity index (χ4n) is 3.25. The third kappa shape index (κ3) is 4.23. The van der Waals surface area contributed by atoms with E-state index in [2.05, 4.69) is 15.3 Å². The first-order valence-corrected chi connectivity index (χ1v) is 11.2. The molecule has 156 valence electrons. The van der Waals surface area contributed by atoms with E-state index in [0.717, 1.165) is 12.8 Å². The first-order valence-electron chi connectivity index (χ1n) is 9.37. The van der Waals surface area contributed by atoms with Crippen LogP contribution in [-0.4, -0.2) is 48.3 Å². The zero-order valence-corrected chi connectivity index (χ0v) is 17.5. The minimum Gasteiger partial charge on any atom is -0.467 e. The number of anilines is 1. The SMILES string of the molecule is O=C(COc1ncnc2ccccc12)Nc1cc(S(=O)(=O)N2CCCC2)ccc1Cl.